The second-order valence-electron chi connectivity index (χ2n) is 13.2. The van der Waals surface area contributed by atoms with Crippen LogP contribution in [0.25, 0.3) is 44.7 Å². The summed E-state index contributed by atoms with van der Waals surface area (Å²) in [5.74, 6) is 0.163. The Morgan fingerprint density at radius 3 is 1.98 bits per heavy atom. The molecular weight excluding hydrogens is 701 g/mol. The van der Waals surface area contributed by atoms with Crippen LogP contribution in [-0.4, -0.2) is 61.0 Å². The van der Waals surface area contributed by atoms with Gasteiger partial charge in [0, 0.05) is 115 Å². The van der Waals surface area contributed by atoms with E-state index in [1.807, 2.05) is 54.7 Å². The zero-order chi connectivity index (χ0) is 35.8. The molecule has 0 unspecified atom stereocenters. The highest BCUT2D eigenvalue weighted by Crippen LogP contribution is 2.42. The van der Waals surface area contributed by atoms with Crippen LogP contribution in [-0.2, 0) is 22.7 Å². The average Bonchev–Trinajstić information content (AvgIpc) is 3.89. The van der Waals surface area contributed by atoms with Crippen LogP contribution >= 0.6 is 23.2 Å². The number of nitrogens with one attached hydrogen (secondary N) is 4. The Morgan fingerprint density at radius 2 is 1.35 bits per heavy atom. The number of hydrogen-bond donors (Lipinski definition) is 4. The molecule has 2 saturated heterocycles. The molecule has 4 N–H and O–H groups in total. The predicted molar refractivity (Wildman–Crippen MR) is 200 cm³/mol. The van der Waals surface area contributed by atoms with Gasteiger partial charge in [0.2, 0.25) is 11.8 Å². The quantitative estimate of drug-likeness (QED) is 0.149. The minimum Gasteiger partial charge on any atom is -0.352 e. The predicted octanol–water partition coefficient (Wildman–Crippen LogP) is 4.78. The lowest BCUT2D eigenvalue weighted by Gasteiger charge is -2.15. The molecule has 6 heterocycles. The summed E-state index contributed by atoms with van der Waals surface area (Å²) >= 11 is 14.2. The summed E-state index contributed by atoms with van der Waals surface area (Å²) < 4.78 is 3.27. The van der Waals surface area contributed by atoms with Crippen LogP contribution in [0.5, 0.6) is 0 Å². The van der Waals surface area contributed by atoms with Gasteiger partial charge >= 0.3 is 0 Å². The van der Waals surface area contributed by atoms with Gasteiger partial charge in [-0.1, -0.05) is 59.6 Å². The molecule has 0 radical (unpaired) electrons. The Bertz CT molecular complexity index is 2410. The van der Waals surface area contributed by atoms with Crippen molar-refractivity contribution in [2.45, 2.75) is 50.9 Å². The van der Waals surface area contributed by atoms with Crippen LogP contribution in [0.1, 0.15) is 36.8 Å². The molecule has 12 nitrogen and oxygen atoms in total. The molecular formula is C38H35Cl2N9O3. The summed E-state index contributed by atoms with van der Waals surface area (Å²) in [7, 11) is 0. The van der Waals surface area contributed by atoms with E-state index in [1.54, 1.807) is 29.3 Å². The Balaban J connectivity index is 1.01. The maximum absolute atomic E-state index is 13.3. The molecule has 8 rings (SSSR count). The van der Waals surface area contributed by atoms with Crippen molar-refractivity contribution in [2.24, 2.45) is 0 Å². The van der Waals surface area contributed by atoms with E-state index in [2.05, 4.69) is 31.3 Å². The Kier molecular flexibility index (Phi) is 9.45. The molecule has 2 aliphatic heterocycles. The van der Waals surface area contributed by atoms with Crippen molar-refractivity contribution in [1.82, 2.24) is 45.2 Å². The molecule has 6 aromatic rings. The maximum atomic E-state index is 13.3. The molecule has 264 valence electrons. The number of benzene rings is 2. The minimum atomic E-state index is -0.158. The fourth-order valence-corrected chi connectivity index (χ4v) is 7.61. The zero-order valence-electron chi connectivity index (χ0n) is 28.0. The highest BCUT2D eigenvalue weighted by atomic mass is 35.5. The second kappa shape index (κ2) is 14.5. The third-order valence-corrected chi connectivity index (χ3v) is 10.5. The Hall–Kier alpha value is -5.14. The fourth-order valence-electron chi connectivity index (χ4n) is 6.94. The number of aromatic nitrogens is 5. The van der Waals surface area contributed by atoms with E-state index in [0.29, 0.717) is 60.3 Å². The first kappa shape index (κ1) is 34.0. The van der Waals surface area contributed by atoms with Gasteiger partial charge in [0.25, 0.3) is 5.56 Å². The molecule has 2 fully saturated rings. The van der Waals surface area contributed by atoms with Crippen molar-refractivity contribution in [3.8, 4) is 33.4 Å². The summed E-state index contributed by atoms with van der Waals surface area (Å²) in [6, 6.07) is 15.5. The summed E-state index contributed by atoms with van der Waals surface area (Å²) in [5, 5.41) is 18.1. The van der Waals surface area contributed by atoms with Gasteiger partial charge in [0.15, 0.2) is 5.65 Å². The number of fused-ring (bicyclic) bond motifs is 2. The second-order valence-corrected chi connectivity index (χ2v) is 14.0. The highest BCUT2D eigenvalue weighted by molar-refractivity contribution is 6.39. The monoisotopic (exact) mass is 735 g/mol. The van der Waals surface area contributed by atoms with Gasteiger partial charge in [-0.3, -0.25) is 18.8 Å². The van der Waals surface area contributed by atoms with Crippen molar-refractivity contribution in [3.63, 3.8) is 0 Å². The number of carbonyl (C=O) groups excluding carboxylic acids is 2. The molecule has 14 heteroatoms. The summed E-state index contributed by atoms with van der Waals surface area (Å²) in [4.78, 5) is 45.5. The van der Waals surface area contributed by atoms with Gasteiger partial charge in [-0.05, 0) is 30.5 Å². The van der Waals surface area contributed by atoms with Crippen molar-refractivity contribution >= 4 is 46.3 Å². The molecule has 2 atom stereocenters. The van der Waals surface area contributed by atoms with E-state index >= 15 is 0 Å². The van der Waals surface area contributed by atoms with Crippen LogP contribution in [0.2, 0.25) is 10.0 Å². The van der Waals surface area contributed by atoms with E-state index in [0.717, 1.165) is 57.4 Å². The van der Waals surface area contributed by atoms with Crippen molar-refractivity contribution in [1.29, 1.82) is 0 Å². The summed E-state index contributed by atoms with van der Waals surface area (Å²) in [6.45, 7) is 2.21. The molecule has 0 spiro atoms. The fraction of sp³-hybridized carbons (Fsp3) is 0.263. The standard InChI is InChI=1S/C38H35Cl2N9O3/c39-35-28(22-11-12-48-32(13-22)43-16-24(38(48)52)15-42-20-27-8-10-34(51)47-27)3-1-5-30(35)31-6-2-4-29(36(31)40)25-17-44-37-23(18-45-49(37)21-25)14-41-19-26-7-9-33(50)46-26/h1-6,11-13,16-18,21,26-27,41-42H,7-10,14-15,19-20H2,(H,46,50)(H,47,51)/t26-,27-/m0/s1. The first-order valence-corrected chi connectivity index (χ1v) is 18.0. The number of pyridine rings is 1. The molecule has 0 aliphatic carbocycles. The van der Waals surface area contributed by atoms with Crippen LogP contribution < -0.4 is 26.8 Å². The Morgan fingerprint density at radius 1 is 0.731 bits per heavy atom. The van der Waals surface area contributed by atoms with Gasteiger partial charge in [-0.2, -0.15) is 5.10 Å². The smallest absolute Gasteiger partial charge is 0.262 e. The lowest BCUT2D eigenvalue weighted by Crippen LogP contribution is -2.36. The third kappa shape index (κ3) is 6.78. The van der Waals surface area contributed by atoms with E-state index in [1.165, 1.54) is 4.40 Å². The molecule has 2 aliphatic rings. The highest BCUT2D eigenvalue weighted by Gasteiger charge is 2.22. The molecule has 52 heavy (non-hydrogen) atoms. The molecule has 2 amide bonds. The SMILES string of the molecule is O=C1CC[C@@H](CNCc2cnc3cc(-c4cccc(-c5cccc(-c6cnc7c(CNC[C@@H]8CCC(=O)N8)cnn7c6)c5Cl)c4Cl)ccn3c2=O)N1. The normalized spacial score (nSPS) is 17.3. The average molecular weight is 737 g/mol. The van der Waals surface area contributed by atoms with E-state index in [-0.39, 0.29) is 29.5 Å². The largest absolute Gasteiger partial charge is 0.352 e. The van der Waals surface area contributed by atoms with Gasteiger partial charge in [-0.25, -0.2) is 14.5 Å². The summed E-state index contributed by atoms with van der Waals surface area (Å²) in [5.41, 5.74) is 7.27. The van der Waals surface area contributed by atoms with Crippen LogP contribution in [0, 0.1) is 0 Å². The van der Waals surface area contributed by atoms with Crippen molar-refractivity contribution < 1.29 is 9.59 Å². The maximum Gasteiger partial charge on any atom is 0.262 e. The molecule has 4 aromatic heterocycles. The van der Waals surface area contributed by atoms with E-state index in [4.69, 9.17) is 28.2 Å². The van der Waals surface area contributed by atoms with Gasteiger partial charge in [-0.15, -0.1) is 0 Å². The number of halogens is 2. The minimum absolute atomic E-state index is 0.0617. The third-order valence-electron chi connectivity index (χ3n) is 9.70. The van der Waals surface area contributed by atoms with E-state index < -0.39 is 0 Å². The number of carbonyl (C=O) groups is 2. The first-order chi connectivity index (χ1) is 25.3. The molecule has 0 bridgehead atoms. The van der Waals surface area contributed by atoms with Gasteiger partial charge < -0.3 is 21.3 Å². The first-order valence-electron chi connectivity index (χ1n) is 17.2. The van der Waals surface area contributed by atoms with Gasteiger partial charge in [0.05, 0.1) is 16.2 Å². The number of hydrogen-bond acceptors (Lipinski definition) is 8. The number of rotatable bonds is 11. The van der Waals surface area contributed by atoms with Crippen molar-refractivity contribution in [2.75, 3.05) is 13.1 Å². The van der Waals surface area contributed by atoms with E-state index in [9.17, 15) is 14.4 Å². The molecule has 0 saturated carbocycles. The summed E-state index contributed by atoms with van der Waals surface area (Å²) in [6.07, 6.45) is 11.5. The Labute approximate surface area is 308 Å². The van der Waals surface area contributed by atoms with Gasteiger partial charge in [0.1, 0.15) is 5.65 Å². The van der Waals surface area contributed by atoms with Crippen LogP contribution in [0.15, 0.2) is 84.3 Å². The zero-order valence-corrected chi connectivity index (χ0v) is 29.5. The number of amides is 2. The van der Waals surface area contributed by atoms with Crippen LogP contribution in [0.3, 0.4) is 0 Å². The lowest BCUT2D eigenvalue weighted by molar-refractivity contribution is -0.120. The van der Waals surface area contributed by atoms with Crippen molar-refractivity contribution in [3.05, 3.63) is 111 Å². The lowest BCUT2D eigenvalue weighted by atomic mass is 9.96. The number of nitrogens with zero attached hydrogens (tertiary/aromatic N) is 5. The molecule has 2 aromatic carbocycles. The topological polar surface area (TPSA) is 147 Å². The van der Waals surface area contributed by atoms with Crippen LogP contribution in [0.4, 0.5) is 0 Å².